The fourth-order valence-corrected chi connectivity index (χ4v) is 0.973. The van der Waals surface area contributed by atoms with Gasteiger partial charge in [-0.3, -0.25) is 9.59 Å². The molecule has 0 aliphatic heterocycles. The summed E-state index contributed by atoms with van der Waals surface area (Å²) in [6.07, 6.45) is 0.162. The number of carbonyl (C=O) groups excluding carboxylic acids is 2. The Hall–Kier alpha value is -1.78. The Morgan fingerprint density at radius 3 is 2.21 bits per heavy atom. The van der Waals surface area contributed by atoms with E-state index in [9.17, 15) is 18.4 Å². The average molecular weight is 199 g/mol. The summed E-state index contributed by atoms with van der Waals surface area (Å²) >= 11 is 0. The number of anilines is 1. The zero-order valence-electron chi connectivity index (χ0n) is 7.30. The number of ketones is 1. The first-order chi connectivity index (χ1) is 6.56. The first-order valence-electron chi connectivity index (χ1n) is 3.76. The van der Waals surface area contributed by atoms with Gasteiger partial charge in [0.15, 0.2) is 5.78 Å². The number of hydrogen-bond acceptors (Lipinski definition) is 2. The molecule has 1 N–H and O–H groups in total. The van der Waals surface area contributed by atoms with Crippen LogP contribution in [0.1, 0.15) is 17.3 Å². The van der Waals surface area contributed by atoms with Crippen LogP contribution < -0.4 is 5.32 Å². The molecule has 1 amide bonds. The SMILES string of the molecule is CC(=O)c1cc(F)c(NC=O)c(F)c1. The molecule has 0 unspecified atom stereocenters. The summed E-state index contributed by atoms with van der Waals surface area (Å²) in [5.74, 6) is -2.38. The molecule has 5 heteroatoms. The Balaban J connectivity index is 3.24. The molecule has 0 spiro atoms. The predicted molar refractivity (Wildman–Crippen MR) is 46.0 cm³/mol. The normalized spacial score (nSPS) is 9.64. The second-order valence-electron chi connectivity index (χ2n) is 2.63. The van der Waals surface area contributed by atoms with Gasteiger partial charge in [-0.15, -0.1) is 0 Å². The van der Waals surface area contributed by atoms with Gasteiger partial charge < -0.3 is 5.32 Å². The molecule has 0 bridgehead atoms. The van der Waals surface area contributed by atoms with Gasteiger partial charge in [0.25, 0.3) is 0 Å². The molecule has 0 aliphatic carbocycles. The number of halogens is 2. The Labute approximate surface area is 78.7 Å². The average Bonchev–Trinajstić information content (AvgIpc) is 2.10. The van der Waals surface area contributed by atoms with Crippen LogP contribution in [0.5, 0.6) is 0 Å². The summed E-state index contributed by atoms with van der Waals surface area (Å²) < 4.78 is 26.1. The Morgan fingerprint density at radius 1 is 1.36 bits per heavy atom. The van der Waals surface area contributed by atoms with Crippen molar-refractivity contribution in [2.45, 2.75) is 6.92 Å². The van der Waals surface area contributed by atoms with Crippen molar-refractivity contribution in [1.82, 2.24) is 0 Å². The van der Waals surface area contributed by atoms with E-state index >= 15 is 0 Å². The van der Waals surface area contributed by atoms with E-state index in [0.29, 0.717) is 0 Å². The fourth-order valence-electron chi connectivity index (χ4n) is 0.973. The van der Waals surface area contributed by atoms with Crippen molar-refractivity contribution in [3.63, 3.8) is 0 Å². The maximum absolute atomic E-state index is 13.0. The lowest BCUT2D eigenvalue weighted by Crippen LogP contribution is -2.03. The zero-order chi connectivity index (χ0) is 10.7. The van der Waals surface area contributed by atoms with E-state index in [-0.39, 0.29) is 12.0 Å². The molecular formula is C9H7F2NO2. The van der Waals surface area contributed by atoms with Gasteiger partial charge >= 0.3 is 0 Å². The molecular weight excluding hydrogens is 192 g/mol. The molecule has 0 heterocycles. The van der Waals surface area contributed by atoms with Crippen LogP contribution in [0.2, 0.25) is 0 Å². The number of benzene rings is 1. The molecule has 0 aliphatic rings. The van der Waals surface area contributed by atoms with Crippen LogP contribution in [-0.2, 0) is 4.79 Å². The highest BCUT2D eigenvalue weighted by Crippen LogP contribution is 2.20. The third-order valence-electron chi connectivity index (χ3n) is 1.65. The molecule has 0 aromatic heterocycles. The highest BCUT2D eigenvalue weighted by Gasteiger charge is 2.12. The predicted octanol–water partition coefficient (Wildman–Crippen LogP) is 1.74. The molecule has 0 radical (unpaired) electrons. The summed E-state index contributed by atoms with van der Waals surface area (Å²) in [7, 11) is 0. The van der Waals surface area contributed by atoms with E-state index in [1.165, 1.54) is 6.92 Å². The number of hydrogen-bond donors (Lipinski definition) is 1. The first kappa shape index (κ1) is 10.3. The molecule has 1 rings (SSSR count). The quantitative estimate of drug-likeness (QED) is 0.595. The summed E-state index contributed by atoms with van der Waals surface area (Å²) in [5.41, 5.74) is -0.624. The number of amides is 1. The van der Waals surface area contributed by atoms with E-state index in [1.54, 1.807) is 0 Å². The van der Waals surface area contributed by atoms with Crippen molar-refractivity contribution < 1.29 is 18.4 Å². The third-order valence-corrected chi connectivity index (χ3v) is 1.65. The minimum Gasteiger partial charge on any atom is -0.324 e. The van der Waals surface area contributed by atoms with E-state index in [4.69, 9.17) is 0 Å². The molecule has 3 nitrogen and oxygen atoms in total. The highest BCUT2D eigenvalue weighted by atomic mass is 19.1. The standard InChI is InChI=1S/C9H7F2NO2/c1-5(14)6-2-7(10)9(12-4-13)8(11)3-6/h2-4H,1H3,(H,12,13). The summed E-state index contributed by atoms with van der Waals surface area (Å²) in [5, 5.41) is 1.87. The van der Waals surface area contributed by atoms with Crippen LogP contribution in [0.25, 0.3) is 0 Å². The van der Waals surface area contributed by atoms with E-state index in [2.05, 4.69) is 0 Å². The van der Waals surface area contributed by atoms with E-state index in [0.717, 1.165) is 12.1 Å². The molecule has 74 valence electrons. The first-order valence-corrected chi connectivity index (χ1v) is 3.76. The summed E-state index contributed by atoms with van der Waals surface area (Å²) in [6, 6.07) is 1.74. The van der Waals surface area contributed by atoms with Crippen molar-refractivity contribution in [2.24, 2.45) is 0 Å². The van der Waals surface area contributed by atoms with Crippen molar-refractivity contribution in [1.29, 1.82) is 0 Å². The molecule has 0 saturated carbocycles. The summed E-state index contributed by atoms with van der Waals surface area (Å²) in [6.45, 7) is 1.20. The summed E-state index contributed by atoms with van der Waals surface area (Å²) in [4.78, 5) is 20.8. The van der Waals surface area contributed by atoms with Crippen LogP contribution in [0.4, 0.5) is 14.5 Å². The van der Waals surface area contributed by atoms with Crippen LogP contribution >= 0.6 is 0 Å². The zero-order valence-corrected chi connectivity index (χ0v) is 7.30. The van der Waals surface area contributed by atoms with Gasteiger partial charge in [-0.1, -0.05) is 0 Å². The fraction of sp³-hybridized carbons (Fsp3) is 0.111. The molecule has 0 atom stereocenters. The van der Waals surface area contributed by atoms with Gasteiger partial charge in [-0.2, -0.15) is 0 Å². The van der Waals surface area contributed by atoms with Crippen molar-refractivity contribution in [2.75, 3.05) is 5.32 Å². The van der Waals surface area contributed by atoms with Crippen LogP contribution in [-0.4, -0.2) is 12.2 Å². The molecule has 0 fully saturated rings. The van der Waals surface area contributed by atoms with Gasteiger partial charge in [0.05, 0.1) is 0 Å². The van der Waals surface area contributed by atoms with Gasteiger partial charge in [-0.25, -0.2) is 8.78 Å². The van der Waals surface area contributed by atoms with E-state index < -0.39 is 23.1 Å². The van der Waals surface area contributed by atoms with Gasteiger partial charge in [0.1, 0.15) is 17.3 Å². The monoisotopic (exact) mass is 199 g/mol. The Bertz CT molecular complexity index is 367. The maximum atomic E-state index is 13.0. The van der Waals surface area contributed by atoms with Gasteiger partial charge in [0, 0.05) is 5.56 Å². The highest BCUT2D eigenvalue weighted by molar-refractivity contribution is 5.94. The van der Waals surface area contributed by atoms with Crippen molar-refractivity contribution in [3.05, 3.63) is 29.3 Å². The number of Topliss-reactive ketones (excluding diaryl/α,β-unsaturated/α-hetero) is 1. The maximum Gasteiger partial charge on any atom is 0.211 e. The second kappa shape index (κ2) is 3.95. The lowest BCUT2D eigenvalue weighted by atomic mass is 10.1. The number of rotatable bonds is 3. The molecule has 0 saturated heterocycles. The number of nitrogens with one attached hydrogen (secondary N) is 1. The van der Waals surface area contributed by atoms with Crippen LogP contribution in [0.3, 0.4) is 0 Å². The number of carbonyl (C=O) groups is 2. The molecule has 14 heavy (non-hydrogen) atoms. The smallest absolute Gasteiger partial charge is 0.211 e. The lowest BCUT2D eigenvalue weighted by molar-refractivity contribution is -0.105. The van der Waals surface area contributed by atoms with E-state index in [1.807, 2.05) is 5.32 Å². The van der Waals surface area contributed by atoms with Crippen LogP contribution in [0, 0.1) is 11.6 Å². The Kier molecular flexibility index (Phi) is 2.91. The minimum atomic E-state index is -0.970. The third kappa shape index (κ3) is 1.93. The second-order valence-corrected chi connectivity index (χ2v) is 2.63. The largest absolute Gasteiger partial charge is 0.324 e. The Morgan fingerprint density at radius 2 is 1.86 bits per heavy atom. The lowest BCUT2D eigenvalue weighted by Gasteiger charge is -2.04. The van der Waals surface area contributed by atoms with Gasteiger partial charge in [0.2, 0.25) is 6.41 Å². The molecule has 1 aromatic carbocycles. The minimum absolute atomic E-state index is 0.0727. The molecule has 1 aromatic rings. The topological polar surface area (TPSA) is 46.2 Å². The van der Waals surface area contributed by atoms with Crippen molar-refractivity contribution in [3.8, 4) is 0 Å². The van der Waals surface area contributed by atoms with Gasteiger partial charge in [-0.05, 0) is 19.1 Å². The van der Waals surface area contributed by atoms with Crippen molar-refractivity contribution >= 4 is 17.9 Å². The van der Waals surface area contributed by atoms with Crippen LogP contribution in [0.15, 0.2) is 12.1 Å².